The summed E-state index contributed by atoms with van der Waals surface area (Å²) in [6.45, 7) is 3.74. The third-order valence-electron chi connectivity index (χ3n) is 2.72. The van der Waals surface area contributed by atoms with Gasteiger partial charge in [0.2, 0.25) is 5.90 Å². The van der Waals surface area contributed by atoms with Gasteiger partial charge in [-0.25, -0.2) is 4.99 Å². The average Bonchev–Trinajstić information content (AvgIpc) is 2.59. The molecule has 0 saturated heterocycles. The number of nitrogens with zero attached hydrogens (tertiary/aromatic N) is 2. The molecule has 2 rings (SSSR count). The Morgan fingerprint density at radius 3 is 2.32 bits per heavy atom. The monoisotopic (exact) mass is 310 g/mol. The van der Waals surface area contributed by atoms with E-state index in [0.29, 0.717) is 11.1 Å². The van der Waals surface area contributed by atoms with Crippen LogP contribution in [0.4, 0.5) is 5.69 Å². The van der Waals surface area contributed by atoms with Crippen molar-refractivity contribution in [2.24, 2.45) is 9.98 Å². The van der Waals surface area contributed by atoms with E-state index in [1.54, 1.807) is 7.11 Å². The summed E-state index contributed by atoms with van der Waals surface area (Å²) in [4.78, 5) is 9.13. The fourth-order valence-corrected chi connectivity index (χ4v) is 2.32. The molecule has 2 aromatic rings. The van der Waals surface area contributed by atoms with E-state index in [2.05, 4.69) is 16.6 Å². The minimum Gasteiger partial charge on any atom is -0.480 e. The Kier molecular flexibility index (Phi) is 6.45. The maximum absolute atomic E-state index is 5.41. The van der Waals surface area contributed by atoms with Crippen molar-refractivity contribution >= 4 is 28.5 Å². The fraction of sp³-hybridized carbons (Fsp3) is 0.111. The maximum atomic E-state index is 5.41. The van der Waals surface area contributed by atoms with Crippen LogP contribution in [0.15, 0.2) is 83.3 Å². The van der Waals surface area contributed by atoms with Crippen LogP contribution in [0, 0.1) is 0 Å². The molecule has 0 saturated carbocycles. The smallest absolute Gasteiger partial charge is 0.222 e. The molecule has 22 heavy (non-hydrogen) atoms. The number of para-hydroxylation sites is 1. The van der Waals surface area contributed by atoms with Crippen LogP contribution in [-0.4, -0.2) is 23.9 Å². The van der Waals surface area contributed by atoms with Crippen LogP contribution in [0.1, 0.15) is 5.56 Å². The lowest BCUT2D eigenvalue weighted by atomic mass is 10.2. The zero-order valence-electron chi connectivity index (χ0n) is 12.5. The van der Waals surface area contributed by atoms with Crippen LogP contribution in [0.2, 0.25) is 0 Å². The van der Waals surface area contributed by atoms with Crippen LogP contribution in [-0.2, 0) is 4.74 Å². The number of aliphatic imine (C=N–C) groups is 2. The number of rotatable bonds is 4. The summed E-state index contributed by atoms with van der Waals surface area (Å²) >= 11 is 1.52. The first-order chi connectivity index (χ1) is 10.8. The second-order valence-electron chi connectivity index (χ2n) is 4.32. The molecule has 0 aliphatic heterocycles. The third kappa shape index (κ3) is 4.90. The highest BCUT2D eigenvalue weighted by atomic mass is 32.2. The number of methoxy groups -OCH3 is 1. The predicted molar refractivity (Wildman–Crippen MR) is 96.2 cm³/mol. The van der Waals surface area contributed by atoms with E-state index < -0.39 is 0 Å². The highest BCUT2D eigenvalue weighted by Crippen LogP contribution is 2.17. The number of amidine groups is 1. The Bertz CT molecular complexity index is 651. The van der Waals surface area contributed by atoms with Gasteiger partial charge in [-0.15, -0.1) is 6.58 Å². The molecular formula is C18H18N2OS. The first kappa shape index (κ1) is 16.0. The molecule has 0 N–H and O–H groups in total. The largest absolute Gasteiger partial charge is 0.480 e. The molecule has 2 aromatic carbocycles. The number of hydrogen-bond donors (Lipinski definition) is 0. The lowest BCUT2D eigenvalue weighted by Crippen LogP contribution is -2.06. The summed E-state index contributed by atoms with van der Waals surface area (Å²) in [5.74, 6) is 1.29. The fourth-order valence-electron chi connectivity index (χ4n) is 1.73. The van der Waals surface area contributed by atoms with Gasteiger partial charge >= 0.3 is 0 Å². The highest BCUT2D eigenvalue weighted by molar-refractivity contribution is 8.14. The molecular weight excluding hydrogens is 292 g/mol. The van der Waals surface area contributed by atoms with Gasteiger partial charge in [-0.1, -0.05) is 54.2 Å². The lowest BCUT2D eigenvalue weighted by Gasteiger charge is -2.06. The van der Waals surface area contributed by atoms with E-state index in [1.165, 1.54) is 11.8 Å². The van der Waals surface area contributed by atoms with Crippen molar-refractivity contribution in [1.82, 2.24) is 0 Å². The van der Waals surface area contributed by atoms with Crippen molar-refractivity contribution in [3.8, 4) is 0 Å². The predicted octanol–water partition coefficient (Wildman–Crippen LogP) is 4.69. The van der Waals surface area contributed by atoms with Gasteiger partial charge in [0.1, 0.15) is 0 Å². The van der Waals surface area contributed by atoms with Gasteiger partial charge in [-0.2, -0.15) is 4.99 Å². The Morgan fingerprint density at radius 1 is 1.09 bits per heavy atom. The molecule has 0 bridgehead atoms. The minimum atomic E-state index is 0.548. The molecule has 4 heteroatoms. The summed E-state index contributed by atoms with van der Waals surface area (Å²) < 4.78 is 5.41. The minimum absolute atomic E-state index is 0.548. The van der Waals surface area contributed by atoms with Gasteiger partial charge in [0.15, 0.2) is 5.17 Å². The number of benzene rings is 2. The molecule has 3 nitrogen and oxygen atoms in total. The van der Waals surface area contributed by atoms with Gasteiger partial charge in [-0.05, 0) is 24.3 Å². The van der Waals surface area contributed by atoms with E-state index in [0.717, 1.165) is 17.0 Å². The van der Waals surface area contributed by atoms with Crippen molar-refractivity contribution in [2.45, 2.75) is 0 Å². The van der Waals surface area contributed by atoms with Crippen molar-refractivity contribution < 1.29 is 4.74 Å². The molecule has 0 aromatic heterocycles. The molecule has 0 spiro atoms. The normalized spacial score (nSPS) is 12.0. The van der Waals surface area contributed by atoms with Gasteiger partial charge in [-0.3, -0.25) is 0 Å². The van der Waals surface area contributed by atoms with E-state index in [4.69, 9.17) is 4.74 Å². The first-order valence-electron chi connectivity index (χ1n) is 6.89. The molecule has 0 amide bonds. The molecule has 112 valence electrons. The van der Waals surface area contributed by atoms with Crippen LogP contribution < -0.4 is 0 Å². The zero-order valence-corrected chi connectivity index (χ0v) is 13.3. The van der Waals surface area contributed by atoms with Crippen LogP contribution in [0.5, 0.6) is 0 Å². The Hall–Kier alpha value is -2.33. The summed E-state index contributed by atoms with van der Waals surface area (Å²) in [5.41, 5.74) is 1.78. The zero-order chi connectivity index (χ0) is 15.6. The molecule has 0 aliphatic carbocycles. The van der Waals surface area contributed by atoms with Crippen LogP contribution >= 0.6 is 11.8 Å². The molecule has 0 aliphatic rings. The Labute approximate surface area is 135 Å². The average molecular weight is 310 g/mol. The molecule has 0 fully saturated rings. The van der Waals surface area contributed by atoms with Gasteiger partial charge < -0.3 is 4.74 Å². The molecule has 0 radical (unpaired) electrons. The van der Waals surface area contributed by atoms with E-state index in [1.807, 2.05) is 66.7 Å². The van der Waals surface area contributed by atoms with E-state index in [-0.39, 0.29) is 0 Å². The quantitative estimate of drug-likeness (QED) is 0.466. The number of ether oxygens (including phenoxy) is 1. The van der Waals surface area contributed by atoms with E-state index >= 15 is 0 Å². The third-order valence-corrected chi connectivity index (χ3v) is 3.57. The van der Waals surface area contributed by atoms with Gasteiger partial charge in [0.05, 0.1) is 12.8 Å². The van der Waals surface area contributed by atoms with Crippen molar-refractivity contribution in [3.63, 3.8) is 0 Å². The highest BCUT2D eigenvalue weighted by Gasteiger charge is 2.06. The summed E-state index contributed by atoms with van der Waals surface area (Å²) in [5, 5.41) is 0.645. The second kappa shape index (κ2) is 8.85. The topological polar surface area (TPSA) is 34.0 Å². The molecule has 0 atom stereocenters. The SMILES string of the molecule is C=CCSC(=Nc1ccccc1)/N=C(\OC)c1ccccc1. The van der Waals surface area contributed by atoms with Crippen molar-refractivity contribution in [3.05, 3.63) is 78.9 Å². The Balaban J connectivity index is 2.34. The van der Waals surface area contributed by atoms with Crippen LogP contribution in [0.3, 0.4) is 0 Å². The first-order valence-corrected chi connectivity index (χ1v) is 7.87. The van der Waals surface area contributed by atoms with Crippen LogP contribution in [0.25, 0.3) is 0 Å². The summed E-state index contributed by atoms with van der Waals surface area (Å²) in [6, 6.07) is 19.5. The second-order valence-corrected chi connectivity index (χ2v) is 5.30. The van der Waals surface area contributed by atoms with Crippen molar-refractivity contribution in [1.29, 1.82) is 0 Å². The Morgan fingerprint density at radius 2 is 1.73 bits per heavy atom. The van der Waals surface area contributed by atoms with Gasteiger partial charge in [0.25, 0.3) is 0 Å². The van der Waals surface area contributed by atoms with Gasteiger partial charge in [0, 0.05) is 11.3 Å². The summed E-state index contributed by atoms with van der Waals surface area (Å²) in [7, 11) is 1.62. The maximum Gasteiger partial charge on any atom is 0.222 e. The summed E-state index contributed by atoms with van der Waals surface area (Å²) in [6.07, 6.45) is 1.83. The van der Waals surface area contributed by atoms with E-state index in [9.17, 15) is 0 Å². The number of thioether (sulfide) groups is 1. The van der Waals surface area contributed by atoms with Crippen molar-refractivity contribution in [2.75, 3.05) is 12.9 Å². The number of hydrogen-bond acceptors (Lipinski definition) is 3. The molecule has 0 unspecified atom stereocenters. The standard InChI is InChI=1S/C18H18N2OS/c1-3-14-22-18(19-16-12-8-5-9-13-16)20-17(21-2)15-10-6-4-7-11-15/h3-13H,1,14H2,2H3/b19-18?,20-17-. The molecule has 0 heterocycles. The lowest BCUT2D eigenvalue weighted by molar-refractivity contribution is 0.405.